The number of esters is 2. The minimum atomic E-state index is -0.952. The Hall–Kier alpha value is -3.22. The normalized spacial score (nSPS) is 10.0. The number of nitrogens with one attached hydrogen (secondary N) is 1. The Balaban J connectivity index is 1.98. The largest absolute Gasteiger partial charge is 0.462 e. The Kier molecular flexibility index (Phi) is 6.22. The van der Waals surface area contributed by atoms with Crippen LogP contribution in [0.1, 0.15) is 27.6 Å². The van der Waals surface area contributed by atoms with Gasteiger partial charge >= 0.3 is 11.9 Å². The van der Waals surface area contributed by atoms with E-state index in [4.69, 9.17) is 9.47 Å². The summed E-state index contributed by atoms with van der Waals surface area (Å²) in [6.07, 6.45) is 0. The number of halogens is 1. The van der Waals surface area contributed by atoms with Gasteiger partial charge in [-0.25, -0.2) is 14.0 Å². The molecule has 2 aromatic rings. The van der Waals surface area contributed by atoms with Crippen molar-refractivity contribution in [3.63, 3.8) is 0 Å². The minimum Gasteiger partial charge on any atom is -0.462 e. The molecule has 1 N–H and O–H groups in total. The van der Waals surface area contributed by atoms with E-state index < -0.39 is 30.3 Å². The number of carbonyl (C=O) groups excluding carboxylic acids is 3. The Bertz CT molecular complexity index is 791. The second kappa shape index (κ2) is 8.58. The summed E-state index contributed by atoms with van der Waals surface area (Å²) in [5.74, 6) is -2.93. The van der Waals surface area contributed by atoms with Crippen LogP contribution in [0.25, 0.3) is 0 Å². The smallest absolute Gasteiger partial charge is 0.341 e. The van der Waals surface area contributed by atoms with Gasteiger partial charge in [0.1, 0.15) is 5.82 Å². The number of para-hydroxylation sites is 1. The molecule has 0 heterocycles. The van der Waals surface area contributed by atoms with Crippen LogP contribution >= 0.6 is 0 Å². The van der Waals surface area contributed by atoms with Crippen LogP contribution in [0.4, 0.5) is 10.1 Å². The molecule has 0 bridgehead atoms. The maximum atomic E-state index is 13.5. The fourth-order valence-corrected chi connectivity index (χ4v) is 2.00. The predicted octanol–water partition coefficient (Wildman–Crippen LogP) is 2.80. The first kappa shape index (κ1) is 18.1. The van der Waals surface area contributed by atoms with Gasteiger partial charge in [-0.2, -0.15) is 0 Å². The predicted molar refractivity (Wildman–Crippen MR) is 87.7 cm³/mol. The average Bonchev–Trinajstić information content (AvgIpc) is 2.60. The molecule has 0 saturated heterocycles. The van der Waals surface area contributed by atoms with Crippen molar-refractivity contribution in [1.29, 1.82) is 0 Å². The third-order valence-electron chi connectivity index (χ3n) is 3.12. The van der Waals surface area contributed by atoms with Gasteiger partial charge in [-0.1, -0.05) is 24.3 Å². The summed E-state index contributed by atoms with van der Waals surface area (Å²) in [7, 11) is 0. The van der Waals surface area contributed by atoms with Crippen molar-refractivity contribution >= 4 is 23.5 Å². The van der Waals surface area contributed by atoms with Gasteiger partial charge in [0.25, 0.3) is 5.91 Å². The van der Waals surface area contributed by atoms with Gasteiger partial charge in [0, 0.05) is 0 Å². The summed E-state index contributed by atoms with van der Waals surface area (Å²) in [6.45, 7) is 1.24. The zero-order chi connectivity index (χ0) is 18.2. The second-order valence-corrected chi connectivity index (χ2v) is 4.87. The van der Waals surface area contributed by atoms with Crippen molar-refractivity contribution in [2.75, 3.05) is 18.5 Å². The van der Waals surface area contributed by atoms with E-state index in [1.807, 2.05) is 0 Å². The quantitative estimate of drug-likeness (QED) is 0.814. The van der Waals surface area contributed by atoms with Crippen molar-refractivity contribution in [3.05, 3.63) is 65.5 Å². The van der Waals surface area contributed by atoms with Crippen LogP contribution in [0.5, 0.6) is 0 Å². The van der Waals surface area contributed by atoms with Gasteiger partial charge in [0.15, 0.2) is 6.61 Å². The monoisotopic (exact) mass is 345 g/mol. The van der Waals surface area contributed by atoms with Crippen molar-refractivity contribution in [2.24, 2.45) is 0 Å². The fraction of sp³-hybridized carbons (Fsp3) is 0.167. The molecule has 0 unspecified atom stereocenters. The summed E-state index contributed by atoms with van der Waals surface area (Å²) in [5, 5.41) is 2.46. The number of hydrogen-bond acceptors (Lipinski definition) is 5. The first-order valence-corrected chi connectivity index (χ1v) is 7.50. The van der Waals surface area contributed by atoms with Crippen molar-refractivity contribution in [3.8, 4) is 0 Å². The first-order valence-electron chi connectivity index (χ1n) is 7.50. The van der Waals surface area contributed by atoms with Gasteiger partial charge in [0.2, 0.25) is 0 Å². The Labute approximate surface area is 143 Å². The highest BCUT2D eigenvalue weighted by molar-refractivity contribution is 6.02. The number of ether oxygens (including phenoxy) is 2. The van der Waals surface area contributed by atoms with E-state index in [2.05, 4.69) is 5.32 Å². The molecule has 0 spiro atoms. The van der Waals surface area contributed by atoms with Crippen LogP contribution in [-0.2, 0) is 14.3 Å². The van der Waals surface area contributed by atoms with E-state index in [0.717, 1.165) is 6.07 Å². The molecule has 7 heteroatoms. The number of amides is 1. The lowest BCUT2D eigenvalue weighted by atomic mass is 10.2. The lowest BCUT2D eigenvalue weighted by Gasteiger charge is -2.10. The Morgan fingerprint density at radius 2 is 1.52 bits per heavy atom. The maximum absolute atomic E-state index is 13.5. The van der Waals surface area contributed by atoms with Crippen molar-refractivity contribution in [2.45, 2.75) is 6.92 Å². The fourth-order valence-electron chi connectivity index (χ4n) is 2.00. The Morgan fingerprint density at radius 3 is 2.20 bits per heavy atom. The molecule has 0 aliphatic rings. The van der Waals surface area contributed by atoms with Gasteiger partial charge < -0.3 is 14.8 Å². The zero-order valence-electron chi connectivity index (χ0n) is 13.5. The highest BCUT2D eigenvalue weighted by atomic mass is 19.1. The molecular formula is C18H16FNO5. The molecule has 6 nitrogen and oxygen atoms in total. The van der Waals surface area contributed by atoms with Crippen molar-refractivity contribution < 1.29 is 28.2 Å². The summed E-state index contributed by atoms with van der Waals surface area (Å²) >= 11 is 0. The molecule has 0 atom stereocenters. The third kappa shape index (κ3) is 4.87. The summed E-state index contributed by atoms with van der Waals surface area (Å²) in [4.78, 5) is 35.5. The summed E-state index contributed by atoms with van der Waals surface area (Å²) in [6, 6.07) is 11.6. The maximum Gasteiger partial charge on any atom is 0.341 e. The molecule has 0 saturated carbocycles. The standard InChI is InChI=1S/C18H16FNO5/c1-2-24-18(23)13-8-4-6-10-15(13)20-16(21)11-25-17(22)12-7-3-5-9-14(12)19/h3-10H,2,11H2,1H3,(H,20,21). The molecule has 2 aromatic carbocycles. The number of rotatable bonds is 6. The lowest BCUT2D eigenvalue weighted by Crippen LogP contribution is -2.22. The molecule has 25 heavy (non-hydrogen) atoms. The summed E-state index contributed by atoms with van der Waals surface area (Å²) < 4.78 is 23.2. The topological polar surface area (TPSA) is 81.7 Å². The SMILES string of the molecule is CCOC(=O)c1ccccc1NC(=O)COC(=O)c1ccccc1F. The Morgan fingerprint density at radius 1 is 0.920 bits per heavy atom. The van der Waals surface area contributed by atoms with Crippen LogP contribution in [0.15, 0.2) is 48.5 Å². The molecule has 0 radical (unpaired) electrons. The number of hydrogen-bond donors (Lipinski definition) is 1. The molecule has 2 rings (SSSR count). The number of anilines is 1. The molecule has 1 amide bonds. The van der Waals surface area contributed by atoms with E-state index in [9.17, 15) is 18.8 Å². The average molecular weight is 345 g/mol. The molecular weight excluding hydrogens is 329 g/mol. The van der Waals surface area contributed by atoms with E-state index in [1.54, 1.807) is 19.1 Å². The van der Waals surface area contributed by atoms with Crippen LogP contribution < -0.4 is 5.32 Å². The molecule has 130 valence electrons. The highest BCUT2D eigenvalue weighted by Crippen LogP contribution is 2.16. The van der Waals surface area contributed by atoms with E-state index in [1.165, 1.54) is 30.3 Å². The molecule has 0 aliphatic heterocycles. The van der Waals surface area contributed by atoms with Gasteiger partial charge in [-0.05, 0) is 31.2 Å². The van der Waals surface area contributed by atoms with Crippen LogP contribution in [0, 0.1) is 5.82 Å². The van der Waals surface area contributed by atoms with E-state index in [0.29, 0.717) is 0 Å². The zero-order valence-corrected chi connectivity index (χ0v) is 13.5. The van der Waals surface area contributed by atoms with Gasteiger partial charge in [-0.15, -0.1) is 0 Å². The van der Waals surface area contributed by atoms with E-state index >= 15 is 0 Å². The number of benzene rings is 2. The van der Waals surface area contributed by atoms with Crippen LogP contribution in [0.3, 0.4) is 0 Å². The van der Waals surface area contributed by atoms with Crippen molar-refractivity contribution in [1.82, 2.24) is 0 Å². The van der Waals surface area contributed by atoms with Crippen LogP contribution in [-0.4, -0.2) is 31.1 Å². The van der Waals surface area contributed by atoms with E-state index in [-0.39, 0.29) is 23.4 Å². The lowest BCUT2D eigenvalue weighted by molar-refractivity contribution is -0.119. The van der Waals surface area contributed by atoms with Gasteiger partial charge in [-0.3, -0.25) is 4.79 Å². The molecule has 0 fully saturated rings. The second-order valence-electron chi connectivity index (χ2n) is 4.87. The molecule has 0 aliphatic carbocycles. The third-order valence-corrected chi connectivity index (χ3v) is 3.12. The van der Waals surface area contributed by atoms with Gasteiger partial charge in [0.05, 0.1) is 23.4 Å². The highest BCUT2D eigenvalue weighted by Gasteiger charge is 2.16. The first-order chi connectivity index (χ1) is 12.0. The number of carbonyl (C=O) groups is 3. The van der Waals surface area contributed by atoms with Crippen LogP contribution in [0.2, 0.25) is 0 Å². The summed E-state index contributed by atoms with van der Waals surface area (Å²) in [5.41, 5.74) is 0.147. The minimum absolute atomic E-state index is 0.179. The molecule has 0 aromatic heterocycles.